The highest BCUT2D eigenvalue weighted by molar-refractivity contribution is 5.86. The van der Waals surface area contributed by atoms with E-state index in [2.05, 4.69) is 19.8 Å². The maximum atomic E-state index is 14.7. The van der Waals surface area contributed by atoms with Crippen LogP contribution in [0.3, 0.4) is 0 Å². The van der Waals surface area contributed by atoms with Crippen molar-refractivity contribution < 1.29 is 18.3 Å². The number of nitrogen functional groups attached to an aromatic ring is 1. The Morgan fingerprint density at radius 3 is 2.79 bits per heavy atom. The minimum atomic E-state index is -1.10. The summed E-state index contributed by atoms with van der Waals surface area (Å²) < 4.78 is 42.2. The van der Waals surface area contributed by atoms with Crippen molar-refractivity contribution in [2.45, 2.75) is 51.4 Å². The SMILES string of the molecule is COc1cc(CN(Cc2cn3c4c(c(F)c(F)cc4c2=O)OCC3(C)C)[C@H]2CCCN(c3ccc(N)nc3)C2)ccn1. The molecule has 2 N–H and O–H groups in total. The second-order valence-corrected chi connectivity index (χ2v) is 11.6. The van der Waals surface area contributed by atoms with Gasteiger partial charge in [0.15, 0.2) is 17.0 Å². The first-order valence-electron chi connectivity index (χ1n) is 14.0. The van der Waals surface area contributed by atoms with Gasteiger partial charge in [0.1, 0.15) is 12.4 Å². The van der Waals surface area contributed by atoms with E-state index >= 15 is 0 Å². The lowest BCUT2D eigenvalue weighted by Gasteiger charge is -2.41. The number of nitrogens with zero attached hydrogens (tertiary/aromatic N) is 5. The molecule has 1 atom stereocenters. The van der Waals surface area contributed by atoms with Crippen LogP contribution < -0.4 is 25.5 Å². The maximum Gasteiger partial charge on any atom is 0.213 e. The first-order chi connectivity index (χ1) is 20.1. The number of pyridine rings is 3. The first-order valence-corrected chi connectivity index (χ1v) is 14.0. The van der Waals surface area contributed by atoms with E-state index in [4.69, 9.17) is 15.2 Å². The van der Waals surface area contributed by atoms with Crippen LogP contribution in [0.15, 0.2) is 53.7 Å². The van der Waals surface area contributed by atoms with Crippen molar-refractivity contribution in [3.63, 3.8) is 0 Å². The minimum absolute atomic E-state index is 0.0868. The van der Waals surface area contributed by atoms with Gasteiger partial charge in [0.25, 0.3) is 0 Å². The van der Waals surface area contributed by atoms with Gasteiger partial charge in [-0.05, 0) is 56.5 Å². The molecular weight excluding hydrogens is 542 g/mol. The maximum absolute atomic E-state index is 14.7. The van der Waals surface area contributed by atoms with Gasteiger partial charge in [-0.2, -0.15) is 4.39 Å². The van der Waals surface area contributed by atoms with Crippen LogP contribution >= 0.6 is 0 Å². The van der Waals surface area contributed by atoms with Crippen molar-refractivity contribution in [2.75, 3.05) is 37.4 Å². The zero-order valence-electron chi connectivity index (χ0n) is 23.9. The molecule has 11 heteroatoms. The number of hydrogen-bond donors (Lipinski definition) is 1. The number of ether oxygens (including phenoxy) is 2. The van der Waals surface area contributed by atoms with E-state index in [0.29, 0.717) is 30.4 Å². The van der Waals surface area contributed by atoms with Gasteiger partial charge in [0.05, 0.1) is 35.4 Å². The summed E-state index contributed by atoms with van der Waals surface area (Å²) >= 11 is 0. The largest absolute Gasteiger partial charge is 0.486 e. The Morgan fingerprint density at radius 2 is 2.02 bits per heavy atom. The lowest BCUT2D eigenvalue weighted by Crippen LogP contribution is -2.48. The van der Waals surface area contributed by atoms with Crippen LogP contribution in [-0.2, 0) is 18.6 Å². The fourth-order valence-corrected chi connectivity index (χ4v) is 6.00. The molecule has 0 amide bonds. The zero-order valence-corrected chi connectivity index (χ0v) is 23.9. The molecule has 0 radical (unpaired) electrons. The number of nitrogens with two attached hydrogens (primary N) is 1. The van der Waals surface area contributed by atoms with Gasteiger partial charge in [-0.3, -0.25) is 9.69 Å². The number of piperidine rings is 1. The highest BCUT2D eigenvalue weighted by Gasteiger charge is 2.34. The predicted molar refractivity (Wildman–Crippen MR) is 157 cm³/mol. The summed E-state index contributed by atoms with van der Waals surface area (Å²) in [5.74, 6) is -1.42. The standard InChI is InChI=1S/C31H34F2N6O3/c1-31(2)18-42-30-27(33)24(32)12-23-28(30)39(31)16-20(29(23)40)15-38(14-19-8-9-35-26(11-19)41-3)22-5-4-10-37(17-22)21-6-7-25(34)36-13-21/h6-9,11-13,16,22H,4-5,10,14-15,17-18H2,1-3H3,(H2,34,36)/t22-/m0/s1. The Labute approximate surface area is 242 Å². The lowest BCUT2D eigenvalue weighted by atomic mass is 9.99. The quantitative estimate of drug-likeness (QED) is 0.345. The van der Waals surface area contributed by atoms with Gasteiger partial charge in [-0.15, -0.1) is 0 Å². The lowest BCUT2D eigenvalue weighted by molar-refractivity contribution is 0.152. The number of halogens is 2. The van der Waals surface area contributed by atoms with E-state index < -0.39 is 17.2 Å². The molecule has 1 aromatic carbocycles. The van der Waals surface area contributed by atoms with Crippen molar-refractivity contribution in [3.05, 3.63) is 81.9 Å². The highest BCUT2D eigenvalue weighted by atomic mass is 19.2. The van der Waals surface area contributed by atoms with E-state index in [0.717, 1.165) is 43.2 Å². The Bertz CT molecular complexity index is 1690. The molecule has 0 bridgehead atoms. The minimum Gasteiger partial charge on any atom is -0.486 e. The molecule has 1 fully saturated rings. The third-order valence-electron chi connectivity index (χ3n) is 8.25. The molecule has 2 aliphatic rings. The molecular formula is C31H34F2N6O3. The topological polar surface area (TPSA) is 98.7 Å². The van der Waals surface area contributed by atoms with Crippen molar-refractivity contribution >= 4 is 22.4 Å². The summed E-state index contributed by atoms with van der Waals surface area (Å²) in [5, 5.41) is 0.109. The number of hydrogen-bond acceptors (Lipinski definition) is 8. The number of anilines is 2. The predicted octanol–water partition coefficient (Wildman–Crippen LogP) is 4.46. The normalized spacial score (nSPS) is 17.9. The second kappa shape index (κ2) is 10.9. The van der Waals surface area contributed by atoms with E-state index in [1.807, 2.05) is 36.6 Å². The Morgan fingerprint density at radius 1 is 1.19 bits per heavy atom. The average Bonchev–Trinajstić information content (AvgIpc) is 2.98. The summed E-state index contributed by atoms with van der Waals surface area (Å²) in [5.41, 5.74) is 7.66. The molecule has 220 valence electrons. The molecule has 0 aliphatic carbocycles. The van der Waals surface area contributed by atoms with Crippen molar-refractivity contribution in [2.24, 2.45) is 0 Å². The van der Waals surface area contributed by atoms with Gasteiger partial charge in [0.2, 0.25) is 11.7 Å². The van der Waals surface area contributed by atoms with Crippen LogP contribution in [0.25, 0.3) is 10.9 Å². The van der Waals surface area contributed by atoms with Gasteiger partial charge in [0, 0.05) is 56.2 Å². The fraction of sp³-hybridized carbons (Fsp3) is 0.387. The van der Waals surface area contributed by atoms with Crippen LogP contribution in [-0.4, -0.2) is 52.3 Å². The molecule has 3 aromatic heterocycles. The van der Waals surface area contributed by atoms with Crippen molar-refractivity contribution in [1.82, 2.24) is 19.4 Å². The molecule has 9 nitrogen and oxygen atoms in total. The van der Waals surface area contributed by atoms with Crippen LogP contribution in [0.2, 0.25) is 0 Å². The number of methoxy groups -OCH3 is 1. The molecule has 1 saturated heterocycles. The summed E-state index contributed by atoms with van der Waals surface area (Å²) in [7, 11) is 1.58. The summed E-state index contributed by atoms with van der Waals surface area (Å²) in [6, 6.07) is 8.67. The molecule has 0 saturated carbocycles. The third kappa shape index (κ3) is 5.13. The van der Waals surface area contributed by atoms with Gasteiger partial charge < -0.3 is 24.7 Å². The van der Waals surface area contributed by atoms with Gasteiger partial charge >= 0.3 is 0 Å². The Balaban J connectivity index is 1.41. The summed E-state index contributed by atoms with van der Waals surface area (Å²) in [6.45, 7) is 6.48. The highest BCUT2D eigenvalue weighted by Crippen LogP contribution is 2.38. The first kappa shape index (κ1) is 27.9. The Kier molecular flexibility index (Phi) is 7.22. The summed E-state index contributed by atoms with van der Waals surface area (Å²) in [6.07, 6.45) is 7.15. The van der Waals surface area contributed by atoms with E-state index in [1.165, 1.54) is 0 Å². The average molecular weight is 577 g/mol. The van der Waals surface area contributed by atoms with Crippen LogP contribution in [0.1, 0.15) is 37.8 Å². The summed E-state index contributed by atoms with van der Waals surface area (Å²) in [4.78, 5) is 27.0. The van der Waals surface area contributed by atoms with Crippen molar-refractivity contribution in [1.29, 1.82) is 0 Å². The Hall–Kier alpha value is -4.25. The fourth-order valence-electron chi connectivity index (χ4n) is 6.00. The van der Waals surface area contributed by atoms with Crippen LogP contribution in [0.5, 0.6) is 11.6 Å². The van der Waals surface area contributed by atoms with E-state index in [9.17, 15) is 13.6 Å². The molecule has 5 heterocycles. The smallest absolute Gasteiger partial charge is 0.213 e. The molecule has 4 aromatic rings. The molecule has 2 aliphatic heterocycles. The molecule has 0 spiro atoms. The number of aromatic nitrogens is 3. The number of rotatable bonds is 7. The molecule has 6 rings (SSSR count). The molecule has 42 heavy (non-hydrogen) atoms. The zero-order chi connectivity index (χ0) is 29.6. The van der Waals surface area contributed by atoms with Crippen molar-refractivity contribution in [3.8, 4) is 11.6 Å². The van der Waals surface area contributed by atoms with Crippen LogP contribution in [0.4, 0.5) is 20.3 Å². The van der Waals surface area contributed by atoms with Gasteiger partial charge in [-0.1, -0.05) is 0 Å². The van der Waals surface area contributed by atoms with E-state index in [1.54, 1.807) is 31.8 Å². The second-order valence-electron chi connectivity index (χ2n) is 11.6. The molecule has 0 unspecified atom stereocenters. The number of benzene rings is 1. The monoisotopic (exact) mass is 576 g/mol. The van der Waals surface area contributed by atoms with E-state index in [-0.39, 0.29) is 34.7 Å². The van der Waals surface area contributed by atoms with Crippen LogP contribution in [0, 0.1) is 11.6 Å². The van der Waals surface area contributed by atoms with Gasteiger partial charge in [-0.25, -0.2) is 14.4 Å². The third-order valence-corrected chi connectivity index (χ3v) is 8.25.